The number of hydrogen-bond donors (Lipinski definition) is 1. The van der Waals surface area contributed by atoms with Gasteiger partial charge in [0.25, 0.3) is 5.91 Å². The van der Waals surface area contributed by atoms with Crippen molar-refractivity contribution in [2.75, 3.05) is 5.32 Å². The number of anilines is 1. The van der Waals surface area contributed by atoms with Crippen molar-refractivity contribution in [2.24, 2.45) is 0 Å². The van der Waals surface area contributed by atoms with Crippen molar-refractivity contribution in [3.8, 4) is 11.8 Å². The number of nitrogens with zero attached hydrogens (tertiary/aromatic N) is 1. The summed E-state index contributed by atoms with van der Waals surface area (Å²) in [5.74, 6) is 0.510. The Morgan fingerprint density at radius 1 is 1.00 bits per heavy atom. The first-order valence-corrected chi connectivity index (χ1v) is 11.6. The number of allylic oxidation sites excluding steroid dienone is 5. The molecule has 3 aromatic carbocycles. The van der Waals surface area contributed by atoms with Crippen LogP contribution in [0.15, 0.2) is 113 Å². The van der Waals surface area contributed by atoms with Crippen LogP contribution >= 0.6 is 0 Å². The highest BCUT2D eigenvalue weighted by atomic mass is 16.5. The standard InChI is InChI=1S/C31H28N2O2/c1-21-8-7-11-28(16-21)33-31(34)27(19-32)18-26-17-22(2)30(23(26)3)25-12-14-29(15-13-25)35-20-24-9-5-4-6-10-24/h4-18,30H,20H2,1-3H3,(H,33,34)/b27-18-/t30-/m0/s1. The van der Waals surface area contributed by atoms with Crippen LogP contribution in [0.25, 0.3) is 0 Å². The molecular weight excluding hydrogens is 432 g/mol. The first kappa shape index (κ1) is 23.8. The Labute approximate surface area is 206 Å². The van der Waals surface area contributed by atoms with E-state index in [4.69, 9.17) is 4.74 Å². The van der Waals surface area contributed by atoms with Gasteiger partial charge in [-0.25, -0.2) is 0 Å². The normalized spacial score (nSPS) is 15.4. The van der Waals surface area contributed by atoms with Crippen LogP contribution in [-0.4, -0.2) is 5.91 Å². The molecule has 0 fully saturated rings. The molecule has 1 N–H and O–H groups in total. The van der Waals surface area contributed by atoms with Crippen molar-refractivity contribution in [1.29, 1.82) is 5.26 Å². The summed E-state index contributed by atoms with van der Waals surface area (Å²) in [5.41, 5.74) is 7.24. The van der Waals surface area contributed by atoms with E-state index in [2.05, 4.69) is 43.4 Å². The van der Waals surface area contributed by atoms with Gasteiger partial charge < -0.3 is 10.1 Å². The third-order valence-corrected chi connectivity index (χ3v) is 6.13. The molecule has 1 amide bonds. The lowest BCUT2D eigenvalue weighted by Gasteiger charge is -2.16. The fourth-order valence-electron chi connectivity index (χ4n) is 4.34. The minimum absolute atomic E-state index is 0.0789. The van der Waals surface area contributed by atoms with Crippen molar-refractivity contribution >= 4 is 11.6 Å². The number of nitrogens with one attached hydrogen (secondary N) is 1. The van der Waals surface area contributed by atoms with Crippen LogP contribution in [0.3, 0.4) is 0 Å². The summed E-state index contributed by atoms with van der Waals surface area (Å²) in [6, 6.07) is 27.8. The number of nitriles is 1. The van der Waals surface area contributed by atoms with Gasteiger partial charge in [-0.3, -0.25) is 4.79 Å². The van der Waals surface area contributed by atoms with Crippen LogP contribution < -0.4 is 10.1 Å². The molecule has 0 bridgehead atoms. The van der Waals surface area contributed by atoms with Gasteiger partial charge in [0.05, 0.1) is 0 Å². The molecule has 0 saturated heterocycles. The van der Waals surface area contributed by atoms with Crippen LogP contribution in [-0.2, 0) is 11.4 Å². The summed E-state index contributed by atoms with van der Waals surface area (Å²) in [7, 11) is 0. The second-order valence-corrected chi connectivity index (χ2v) is 8.80. The third kappa shape index (κ3) is 5.77. The number of aryl methyl sites for hydroxylation is 1. The highest BCUT2D eigenvalue weighted by molar-refractivity contribution is 6.07. The topological polar surface area (TPSA) is 62.1 Å². The van der Waals surface area contributed by atoms with E-state index in [1.54, 1.807) is 6.08 Å². The first-order valence-electron chi connectivity index (χ1n) is 11.6. The molecule has 1 aliphatic rings. The van der Waals surface area contributed by atoms with Crippen molar-refractivity contribution in [1.82, 2.24) is 0 Å². The summed E-state index contributed by atoms with van der Waals surface area (Å²) in [5, 5.41) is 12.5. The number of ether oxygens (including phenoxy) is 1. The molecule has 35 heavy (non-hydrogen) atoms. The Morgan fingerprint density at radius 3 is 2.43 bits per heavy atom. The van der Waals surface area contributed by atoms with E-state index in [0.717, 1.165) is 33.6 Å². The molecule has 4 rings (SSSR count). The summed E-state index contributed by atoms with van der Waals surface area (Å²) in [6.07, 6.45) is 3.73. The minimum Gasteiger partial charge on any atom is -0.489 e. The second-order valence-electron chi connectivity index (χ2n) is 8.80. The number of amides is 1. The number of hydrogen-bond acceptors (Lipinski definition) is 3. The molecule has 4 heteroatoms. The highest BCUT2D eigenvalue weighted by Gasteiger charge is 2.24. The van der Waals surface area contributed by atoms with Gasteiger partial charge in [-0.15, -0.1) is 0 Å². The first-order chi connectivity index (χ1) is 16.9. The van der Waals surface area contributed by atoms with Crippen LogP contribution in [0.2, 0.25) is 0 Å². The molecule has 1 atom stereocenters. The Bertz CT molecular complexity index is 1360. The van der Waals surface area contributed by atoms with Crippen LogP contribution in [0.5, 0.6) is 5.75 Å². The zero-order chi connectivity index (χ0) is 24.8. The monoisotopic (exact) mass is 460 g/mol. The maximum atomic E-state index is 12.7. The van der Waals surface area contributed by atoms with E-state index in [1.807, 2.05) is 73.7 Å². The smallest absolute Gasteiger partial charge is 0.266 e. The lowest BCUT2D eigenvalue weighted by molar-refractivity contribution is -0.112. The largest absolute Gasteiger partial charge is 0.489 e. The van der Waals surface area contributed by atoms with Crippen molar-refractivity contribution in [3.05, 3.63) is 130 Å². The van der Waals surface area contributed by atoms with Crippen molar-refractivity contribution < 1.29 is 9.53 Å². The molecule has 0 aliphatic heterocycles. The lowest BCUT2D eigenvalue weighted by Crippen LogP contribution is -2.13. The molecule has 0 spiro atoms. The van der Waals surface area contributed by atoms with E-state index in [1.165, 1.54) is 5.57 Å². The van der Waals surface area contributed by atoms with Gasteiger partial charge >= 0.3 is 0 Å². The molecule has 0 saturated carbocycles. The lowest BCUT2D eigenvalue weighted by atomic mass is 9.89. The highest BCUT2D eigenvalue weighted by Crippen LogP contribution is 2.40. The molecule has 1 aliphatic carbocycles. The number of carbonyl (C=O) groups excluding carboxylic acids is 1. The Morgan fingerprint density at radius 2 is 1.74 bits per heavy atom. The fraction of sp³-hybridized carbons (Fsp3) is 0.161. The van der Waals surface area contributed by atoms with E-state index in [9.17, 15) is 10.1 Å². The molecule has 4 nitrogen and oxygen atoms in total. The average molecular weight is 461 g/mol. The fourth-order valence-corrected chi connectivity index (χ4v) is 4.34. The Kier molecular flexibility index (Phi) is 7.28. The van der Waals surface area contributed by atoms with Gasteiger partial charge in [-0.05, 0) is 73.4 Å². The van der Waals surface area contributed by atoms with Crippen molar-refractivity contribution in [2.45, 2.75) is 33.3 Å². The zero-order valence-corrected chi connectivity index (χ0v) is 20.2. The predicted octanol–water partition coefficient (Wildman–Crippen LogP) is 7.02. The summed E-state index contributed by atoms with van der Waals surface area (Å²) in [6.45, 7) is 6.61. The molecule has 174 valence electrons. The van der Waals surface area contributed by atoms with Gasteiger partial charge in [0.15, 0.2) is 0 Å². The molecule has 0 unspecified atom stereocenters. The van der Waals surface area contributed by atoms with Crippen LogP contribution in [0.4, 0.5) is 5.69 Å². The number of rotatable bonds is 7. The van der Waals surface area contributed by atoms with E-state index in [-0.39, 0.29) is 11.5 Å². The average Bonchev–Trinajstić information content (AvgIpc) is 3.14. The summed E-state index contributed by atoms with van der Waals surface area (Å²) < 4.78 is 5.92. The maximum Gasteiger partial charge on any atom is 0.266 e. The predicted molar refractivity (Wildman–Crippen MR) is 140 cm³/mol. The SMILES string of the molecule is CC1=CC(/C=C(/C#N)C(=O)Nc2cccc(C)c2)=C(C)[C@H]1c1ccc(OCc2ccccc2)cc1. The Hall–Kier alpha value is -4.36. The van der Waals surface area contributed by atoms with Gasteiger partial charge in [0.1, 0.15) is 24.0 Å². The van der Waals surface area contributed by atoms with Crippen LogP contribution in [0, 0.1) is 18.3 Å². The number of carbonyl (C=O) groups is 1. The van der Waals surface area contributed by atoms with Gasteiger partial charge in [-0.1, -0.05) is 71.8 Å². The Balaban J connectivity index is 1.49. The van der Waals surface area contributed by atoms with Gasteiger partial charge in [-0.2, -0.15) is 5.26 Å². The zero-order valence-electron chi connectivity index (χ0n) is 20.2. The van der Waals surface area contributed by atoms with Crippen LogP contribution in [0.1, 0.15) is 36.5 Å². The summed E-state index contributed by atoms with van der Waals surface area (Å²) >= 11 is 0. The van der Waals surface area contributed by atoms with E-state index >= 15 is 0 Å². The maximum absolute atomic E-state index is 12.7. The van der Waals surface area contributed by atoms with Gasteiger partial charge in [0.2, 0.25) is 0 Å². The molecule has 0 aromatic heterocycles. The number of benzene rings is 3. The molecule has 3 aromatic rings. The molecular formula is C31H28N2O2. The molecule has 0 heterocycles. The third-order valence-electron chi connectivity index (χ3n) is 6.13. The minimum atomic E-state index is -0.409. The quantitative estimate of drug-likeness (QED) is 0.304. The summed E-state index contributed by atoms with van der Waals surface area (Å²) in [4.78, 5) is 12.7. The second kappa shape index (κ2) is 10.7. The van der Waals surface area contributed by atoms with E-state index in [0.29, 0.717) is 12.3 Å². The molecule has 0 radical (unpaired) electrons. The van der Waals surface area contributed by atoms with Crippen molar-refractivity contribution in [3.63, 3.8) is 0 Å². The van der Waals surface area contributed by atoms with Gasteiger partial charge in [0, 0.05) is 11.6 Å². The van der Waals surface area contributed by atoms with E-state index < -0.39 is 5.91 Å².